The number of hydrogen-bond donors (Lipinski definition) is 3. The van der Waals surface area contributed by atoms with Crippen LogP contribution in [-0.4, -0.2) is 34.1 Å². The van der Waals surface area contributed by atoms with E-state index in [0.717, 1.165) is 37.9 Å². The number of aromatic amines is 1. The summed E-state index contributed by atoms with van der Waals surface area (Å²) in [5.41, 5.74) is 0.0606. The van der Waals surface area contributed by atoms with E-state index >= 15 is 0 Å². The average Bonchev–Trinajstić information content (AvgIpc) is 2.93. The highest BCUT2D eigenvalue weighted by Crippen LogP contribution is 2.31. The first-order valence-corrected chi connectivity index (χ1v) is 7.75. The van der Waals surface area contributed by atoms with Crippen molar-refractivity contribution in [3.8, 4) is 0 Å². The third-order valence-corrected chi connectivity index (χ3v) is 4.43. The van der Waals surface area contributed by atoms with Gasteiger partial charge >= 0.3 is 0 Å². The Morgan fingerprint density at radius 2 is 2.10 bits per heavy atom. The highest BCUT2D eigenvalue weighted by atomic mass is 16.2. The second-order valence-electron chi connectivity index (χ2n) is 6.25. The molecule has 0 bridgehead atoms. The van der Waals surface area contributed by atoms with Gasteiger partial charge in [-0.25, -0.2) is 0 Å². The molecule has 3 N–H and O–H groups in total. The van der Waals surface area contributed by atoms with Crippen LogP contribution in [-0.2, 0) is 16.0 Å². The maximum absolute atomic E-state index is 12.5. The zero-order chi connectivity index (χ0) is 14.7. The first kappa shape index (κ1) is 14.1. The fraction of sp³-hybridized carbons (Fsp3) is 0.667. The van der Waals surface area contributed by atoms with Crippen LogP contribution in [0.15, 0.2) is 12.3 Å². The molecule has 0 spiro atoms. The second kappa shape index (κ2) is 5.87. The number of nitrogens with zero attached hydrogens (tertiary/aromatic N) is 1. The monoisotopic (exact) mass is 290 g/mol. The SMILES string of the molecule is O=C(Cc1ccn[nH]1)NC1(C(=O)NCC2CC2)CCCC1. The van der Waals surface area contributed by atoms with E-state index in [0.29, 0.717) is 5.92 Å². The molecule has 0 saturated heterocycles. The molecule has 0 atom stereocenters. The van der Waals surface area contributed by atoms with Crippen molar-refractivity contribution in [1.29, 1.82) is 0 Å². The zero-order valence-electron chi connectivity index (χ0n) is 12.2. The molecule has 114 valence electrons. The number of nitrogens with one attached hydrogen (secondary N) is 3. The van der Waals surface area contributed by atoms with E-state index in [1.807, 2.05) is 0 Å². The Labute approximate surface area is 124 Å². The maximum Gasteiger partial charge on any atom is 0.245 e. The number of H-pyrrole nitrogens is 1. The van der Waals surface area contributed by atoms with Crippen LogP contribution in [0.25, 0.3) is 0 Å². The van der Waals surface area contributed by atoms with Crippen molar-refractivity contribution in [2.75, 3.05) is 6.54 Å². The molecule has 6 nitrogen and oxygen atoms in total. The minimum Gasteiger partial charge on any atom is -0.354 e. The third kappa shape index (κ3) is 3.43. The Balaban J connectivity index is 1.59. The summed E-state index contributed by atoms with van der Waals surface area (Å²) in [6.07, 6.45) is 7.71. The molecular formula is C15H22N4O2. The van der Waals surface area contributed by atoms with Gasteiger partial charge in [-0.15, -0.1) is 0 Å². The van der Waals surface area contributed by atoms with E-state index in [1.54, 1.807) is 12.3 Å². The summed E-state index contributed by atoms with van der Waals surface area (Å²) < 4.78 is 0. The van der Waals surface area contributed by atoms with Crippen LogP contribution in [0.4, 0.5) is 0 Å². The molecule has 0 aliphatic heterocycles. The van der Waals surface area contributed by atoms with Crippen molar-refractivity contribution in [2.45, 2.75) is 50.5 Å². The van der Waals surface area contributed by atoms with Crippen molar-refractivity contribution < 1.29 is 9.59 Å². The fourth-order valence-electron chi connectivity index (χ4n) is 2.98. The fourth-order valence-corrected chi connectivity index (χ4v) is 2.98. The molecule has 0 unspecified atom stereocenters. The largest absolute Gasteiger partial charge is 0.354 e. The van der Waals surface area contributed by atoms with E-state index in [4.69, 9.17) is 0 Å². The molecule has 2 aliphatic rings. The van der Waals surface area contributed by atoms with Crippen LogP contribution in [0.5, 0.6) is 0 Å². The van der Waals surface area contributed by atoms with Crippen LogP contribution >= 0.6 is 0 Å². The Morgan fingerprint density at radius 3 is 2.71 bits per heavy atom. The summed E-state index contributed by atoms with van der Waals surface area (Å²) >= 11 is 0. The van der Waals surface area contributed by atoms with Gasteiger partial charge < -0.3 is 10.6 Å². The summed E-state index contributed by atoms with van der Waals surface area (Å²) in [7, 11) is 0. The van der Waals surface area contributed by atoms with Crippen molar-refractivity contribution in [2.24, 2.45) is 5.92 Å². The summed E-state index contributed by atoms with van der Waals surface area (Å²) in [5, 5.41) is 12.6. The lowest BCUT2D eigenvalue weighted by atomic mass is 9.95. The second-order valence-corrected chi connectivity index (χ2v) is 6.25. The smallest absolute Gasteiger partial charge is 0.245 e. The van der Waals surface area contributed by atoms with E-state index in [9.17, 15) is 9.59 Å². The average molecular weight is 290 g/mol. The van der Waals surface area contributed by atoms with Gasteiger partial charge in [-0.1, -0.05) is 12.8 Å². The quantitative estimate of drug-likeness (QED) is 0.727. The minimum atomic E-state index is -0.702. The van der Waals surface area contributed by atoms with E-state index < -0.39 is 5.54 Å². The molecule has 1 aromatic heterocycles. The van der Waals surface area contributed by atoms with Gasteiger partial charge in [-0.2, -0.15) is 5.10 Å². The molecule has 0 aromatic carbocycles. The summed E-state index contributed by atoms with van der Waals surface area (Å²) in [4.78, 5) is 24.7. The zero-order valence-corrected chi connectivity index (χ0v) is 12.2. The predicted octanol–water partition coefficient (Wildman–Crippen LogP) is 0.907. The molecule has 3 rings (SSSR count). The van der Waals surface area contributed by atoms with Gasteiger partial charge in [0.25, 0.3) is 0 Å². The molecule has 1 heterocycles. The summed E-state index contributed by atoms with van der Waals surface area (Å²) in [5.74, 6) is 0.515. The van der Waals surface area contributed by atoms with Crippen LogP contribution in [0.3, 0.4) is 0 Å². The van der Waals surface area contributed by atoms with Crippen LogP contribution in [0, 0.1) is 5.92 Å². The number of rotatable bonds is 6. The molecule has 1 aromatic rings. The molecule has 2 aliphatic carbocycles. The molecule has 6 heteroatoms. The van der Waals surface area contributed by atoms with Gasteiger partial charge in [0, 0.05) is 18.4 Å². The molecule has 21 heavy (non-hydrogen) atoms. The Bertz CT molecular complexity index is 502. The number of hydrogen-bond acceptors (Lipinski definition) is 3. The lowest BCUT2D eigenvalue weighted by molar-refractivity contribution is -0.133. The maximum atomic E-state index is 12.5. The van der Waals surface area contributed by atoms with Crippen molar-refractivity contribution in [3.63, 3.8) is 0 Å². The minimum absolute atomic E-state index is 0.00939. The van der Waals surface area contributed by atoms with E-state index in [2.05, 4.69) is 20.8 Å². The normalized spacial score (nSPS) is 20.2. The molecular weight excluding hydrogens is 268 g/mol. The first-order chi connectivity index (χ1) is 10.2. The van der Waals surface area contributed by atoms with Crippen LogP contribution < -0.4 is 10.6 Å². The summed E-state index contributed by atoms with van der Waals surface area (Å²) in [6.45, 7) is 0.747. The first-order valence-electron chi connectivity index (χ1n) is 7.75. The number of aromatic nitrogens is 2. The standard InChI is InChI=1S/C15H22N4O2/c20-13(9-12-5-8-17-19-12)18-15(6-1-2-7-15)14(21)16-10-11-3-4-11/h5,8,11H,1-4,6-7,9-10H2,(H,16,21)(H,17,19)(H,18,20). The number of amides is 2. The molecule has 0 radical (unpaired) electrons. The van der Waals surface area contributed by atoms with E-state index in [1.165, 1.54) is 12.8 Å². The van der Waals surface area contributed by atoms with E-state index in [-0.39, 0.29) is 18.2 Å². The lowest BCUT2D eigenvalue weighted by Crippen LogP contribution is -2.57. The Hall–Kier alpha value is -1.85. The van der Waals surface area contributed by atoms with Crippen molar-refractivity contribution >= 4 is 11.8 Å². The number of carbonyl (C=O) groups is 2. The Kier molecular flexibility index (Phi) is 3.94. The van der Waals surface area contributed by atoms with Crippen molar-refractivity contribution in [3.05, 3.63) is 18.0 Å². The van der Waals surface area contributed by atoms with Gasteiger partial charge in [-0.05, 0) is 37.7 Å². The van der Waals surface area contributed by atoms with Gasteiger partial charge in [0.2, 0.25) is 11.8 Å². The van der Waals surface area contributed by atoms with Crippen molar-refractivity contribution in [1.82, 2.24) is 20.8 Å². The van der Waals surface area contributed by atoms with Gasteiger partial charge in [-0.3, -0.25) is 14.7 Å². The third-order valence-electron chi connectivity index (χ3n) is 4.43. The highest BCUT2D eigenvalue weighted by molar-refractivity contribution is 5.92. The number of carbonyl (C=O) groups excluding carboxylic acids is 2. The predicted molar refractivity (Wildman–Crippen MR) is 77.4 cm³/mol. The molecule has 2 saturated carbocycles. The highest BCUT2D eigenvalue weighted by Gasteiger charge is 2.42. The molecule has 2 fully saturated rings. The van der Waals surface area contributed by atoms with Crippen LogP contribution in [0.1, 0.15) is 44.2 Å². The van der Waals surface area contributed by atoms with Gasteiger partial charge in [0.05, 0.1) is 6.42 Å². The molecule has 2 amide bonds. The topological polar surface area (TPSA) is 86.9 Å². The van der Waals surface area contributed by atoms with Gasteiger partial charge in [0.15, 0.2) is 0 Å². The summed E-state index contributed by atoms with van der Waals surface area (Å²) in [6, 6.07) is 1.77. The lowest BCUT2D eigenvalue weighted by Gasteiger charge is -2.29. The van der Waals surface area contributed by atoms with Gasteiger partial charge in [0.1, 0.15) is 5.54 Å². The Morgan fingerprint density at radius 1 is 1.33 bits per heavy atom. The van der Waals surface area contributed by atoms with Crippen LogP contribution in [0.2, 0.25) is 0 Å².